The lowest BCUT2D eigenvalue weighted by atomic mass is 10.1. The van der Waals surface area contributed by atoms with Gasteiger partial charge in [-0.3, -0.25) is 9.59 Å². The minimum atomic E-state index is -0.880. The highest BCUT2D eigenvalue weighted by Gasteiger charge is 2.15. The van der Waals surface area contributed by atoms with E-state index in [1.165, 1.54) is 17.3 Å². The summed E-state index contributed by atoms with van der Waals surface area (Å²) in [5, 5.41) is 6.75. The van der Waals surface area contributed by atoms with Crippen molar-refractivity contribution >= 4 is 35.3 Å². The van der Waals surface area contributed by atoms with E-state index in [2.05, 4.69) is 46.4 Å². The van der Waals surface area contributed by atoms with Gasteiger partial charge >= 0.3 is 11.8 Å². The number of para-hydroxylation sites is 2. The van der Waals surface area contributed by atoms with E-state index in [0.717, 1.165) is 22.6 Å². The number of halogens is 1. The molecule has 0 bridgehead atoms. The second kappa shape index (κ2) is 8.97. The zero-order valence-electron chi connectivity index (χ0n) is 17.3. The summed E-state index contributed by atoms with van der Waals surface area (Å²) in [5.41, 5.74) is 8.98. The molecule has 3 rings (SSSR count). The zero-order chi connectivity index (χ0) is 21.8. The molecule has 6 nitrogen and oxygen atoms in total. The summed E-state index contributed by atoms with van der Waals surface area (Å²) in [6, 6.07) is 14.9. The van der Waals surface area contributed by atoms with Crippen LogP contribution in [0, 0.1) is 27.7 Å². The Bertz CT molecular complexity index is 1130. The summed E-state index contributed by atoms with van der Waals surface area (Å²) in [5.74, 6) is -1.73. The van der Waals surface area contributed by atoms with Gasteiger partial charge in [0, 0.05) is 17.0 Å². The third-order valence-corrected chi connectivity index (χ3v) is 5.16. The number of amides is 2. The summed E-state index contributed by atoms with van der Waals surface area (Å²) in [6.07, 6.45) is 1.53. The van der Waals surface area contributed by atoms with Crippen LogP contribution in [0.2, 0.25) is 5.02 Å². The van der Waals surface area contributed by atoms with E-state index in [0.29, 0.717) is 10.7 Å². The van der Waals surface area contributed by atoms with Crippen LogP contribution < -0.4 is 10.7 Å². The van der Waals surface area contributed by atoms with Crippen molar-refractivity contribution in [1.29, 1.82) is 0 Å². The predicted octanol–water partition coefficient (Wildman–Crippen LogP) is 4.45. The highest BCUT2D eigenvalue weighted by Crippen LogP contribution is 2.25. The van der Waals surface area contributed by atoms with Crippen LogP contribution in [0.15, 0.2) is 53.6 Å². The monoisotopic (exact) mass is 422 g/mol. The number of anilines is 1. The summed E-state index contributed by atoms with van der Waals surface area (Å²) in [6.45, 7) is 8.16. The third-order valence-electron chi connectivity index (χ3n) is 4.83. The summed E-state index contributed by atoms with van der Waals surface area (Å²) < 4.78 is 2.16. The average Bonchev–Trinajstić information content (AvgIpc) is 2.97. The molecule has 2 N–H and O–H groups in total. The molecule has 2 amide bonds. The Morgan fingerprint density at radius 2 is 1.63 bits per heavy atom. The van der Waals surface area contributed by atoms with Gasteiger partial charge in [-0.25, -0.2) is 5.43 Å². The molecule has 0 unspecified atom stereocenters. The topological polar surface area (TPSA) is 75.5 Å². The minimum Gasteiger partial charge on any atom is -0.317 e. The highest BCUT2D eigenvalue weighted by molar-refractivity contribution is 6.41. The molecule has 0 atom stereocenters. The lowest BCUT2D eigenvalue weighted by molar-refractivity contribution is -0.136. The lowest BCUT2D eigenvalue weighted by Crippen LogP contribution is -2.32. The molecule has 1 aromatic heterocycles. The summed E-state index contributed by atoms with van der Waals surface area (Å²) >= 11 is 5.99. The van der Waals surface area contributed by atoms with Crippen molar-refractivity contribution in [3.05, 3.63) is 81.6 Å². The molecule has 3 aromatic rings. The number of aromatic nitrogens is 1. The minimum absolute atomic E-state index is 0.348. The lowest BCUT2D eigenvalue weighted by Gasteiger charge is -2.15. The number of nitrogens with zero attached hydrogens (tertiary/aromatic N) is 2. The van der Waals surface area contributed by atoms with Gasteiger partial charge in [0.1, 0.15) is 0 Å². The molecule has 7 heteroatoms. The van der Waals surface area contributed by atoms with Gasteiger partial charge in [0.2, 0.25) is 0 Å². The van der Waals surface area contributed by atoms with Gasteiger partial charge in [0.25, 0.3) is 0 Å². The van der Waals surface area contributed by atoms with E-state index in [1.54, 1.807) is 24.3 Å². The first kappa shape index (κ1) is 21.3. The number of aryl methyl sites for hydroxylation is 3. The Morgan fingerprint density at radius 3 is 2.30 bits per heavy atom. The number of hydrogen-bond acceptors (Lipinski definition) is 3. The van der Waals surface area contributed by atoms with Crippen LogP contribution in [0.25, 0.3) is 5.69 Å². The molecule has 0 spiro atoms. The number of hydrazone groups is 1. The third kappa shape index (κ3) is 4.44. The Kier molecular flexibility index (Phi) is 6.37. The number of nitrogens with one attached hydrogen (secondary N) is 2. The Labute approximate surface area is 180 Å². The molecule has 0 aliphatic rings. The molecule has 0 aliphatic carbocycles. The van der Waals surface area contributed by atoms with E-state index in [4.69, 9.17) is 11.6 Å². The number of hydrogen-bond donors (Lipinski definition) is 2. The molecule has 0 aliphatic heterocycles. The molecule has 1 heterocycles. The molecule has 0 radical (unpaired) electrons. The first-order valence-electron chi connectivity index (χ1n) is 9.44. The smallest absolute Gasteiger partial charge is 0.317 e. The molecule has 154 valence electrons. The number of carbonyl (C=O) groups is 2. The summed E-state index contributed by atoms with van der Waals surface area (Å²) in [4.78, 5) is 24.1. The van der Waals surface area contributed by atoms with Crippen LogP contribution in [0.4, 0.5) is 5.69 Å². The van der Waals surface area contributed by atoms with Crippen LogP contribution in [-0.4, -0.2) is 22.6 Å². The molecule has 0 saturated carbocycles. The Hall–Kier alpha value is -3.38. The largest absolute Gasteiger partial charge is 0.329 e. The zero-order valence-corrected chi connectivity index (χ0v) is 18.0. The Morgan fingerprint density at radius 1 is 0.967 bits per heavy atom. The van der Waals surface area contributed by atoms with Gasteiger partial charge in [-0.15, -0.1) is 0 Å². The predicted molar refractivity (Wildman–Crippen MR) is 121 cm³/mol. The first-order chi connectivity index (χ1) is 14.3. The van der Waals surface area contributed by atoms with Crippen LogP contribution >= 0.6 is 11.6 Å². The van der Waals surface area contributed by atoms with Gasteiger partial charge in [-0.2, -0.15) is 5.10 Å². The normalized spacial score (nSPS) is 11.0. The van der Waals surface area contributed by atoms with E-state index in [-0.39, 0.29) is 0 Å². The van der Waals surface area contributed by atoms with Gasteiger partial charge in [-0.1, -0.05) is 41.9 Å². The van der Waals surface area contributed by atoms with Crippen LogP contribution in [0.1, 0.15) is 28.1 Å². The van der Waals surface area contributed by atoms with Crippen molar-refractivity contribution in [2.45, 2.75) is 27.7 Å². The van der Waals surface area contributed by atoms with Crippen molar-refractivity contribution in [3.8, 4) is 5.69 Å². The molecule has 30 heavy (non-hydrogen) atoms. The maximum Gasteiger partial charge on any atom is 0.329 e. The SMILES string of the molecule is Cc1cccc(C)c1-n1c(C)cc(/C=N\NC(=O)C(=O)Nc2ccccc2Cl)c1C. The molecule has 0 saturated heterocycles. The van der Waals surface area contributed by atoms with Gasteiger partial charge in [0.05, 0.1) is 22.6 Å². The molecular formula is C23H23ClN4O2. The van der Waals surface area contributed by atoms with Crippen molar-refractivity contribution in [2.75, 3.05) is 5.32 Å². The van der Waals surface area contributed by atoms with Crippen LogP contribution in [0.3, 0.4) is 0 Å². The quantitative estimate of drug-likeness (QED) is 0.370. The molecule has 0 fully saturated rings. The standard InChI is InChI=1S/C23H23ClN4O2/c1-14-8-7-9-15(2)21(14)28-16(3)12-18(17(28)4)13-25-27-23(30)22(29)26-20-11-6-5-10-19(20)24/h5-13H,1-4H3,(H,26,29)(H,27,30)/b25-13-. The fourth-order valence-corrected chi connectivity index (χ4v) is 3.56. The molecule has 2 aromatic carbocycles. The van der Waals surface area contributed by atoms with E-state index in [9.17, 15) is 9.59 Å². The maximum absolute atomic E-state index is 12.0. The highest BCUT2D eigenvalue weighted by atomic mass is 35.5. The number of rotatable bonds is 4. The van der Waals surface area contributed by atoms with E-state index >= 15 is 0 Å². The first-order valence-corrected chi connectivity index (χ1v) is 9.82. The average molecular weight is 423 g/mol. The van der Waals surface area contributed by atoms with E-state index in [1.807, 2.05) is 26.0 Å². The maximum atomic E-state index is 12.0. The number of carbonyl (C=O) groups excluding carboxylic acids is 2. The Balaban J connectivity index is 1.73. The van der Waals surface area contributed by atoms with Crippen LogP contribution in [-0.2, 0) is 9.59 Å². The van der Waals surface area contributed by atoms with Crippen molar-refractivity contribution in [2.24, 2.45) is 5.10 Å². The van der Waals surface area contributed by atoms with Crippen molar-refractivity contribution in [1.82, 2.24) is 9.99 Å². The number of benzene rings is 2. The fraction of sp³-hybridized carbons (Fsp3) is 0.174. The van der Waals surface area contributed by atoms with Gasteiger partial charge in [-0.05, 0) is 57.0 Å². The van der Waals surface area contributed by atoms with Crippen molar-refractivity contribution in [3.63, 3.8) is 0 Å². The second-order valence-electron chi connectivity index (χ2n) is 7.04. The van der Waals surface area contributed by atoms with E-state index < -0.39 is 11.8 Å². The second-order valence-corrected chi connectivity index (χ2v) is 7.44. The van der Waals surface area contributed by atoms with Gasteiger partial charge < -0.3 is 9.88 Å². The van der Waals surface area contributed by atoms with Crippen molar-refractivity contribution < 1.29 is 9.59 Å². The van der Waals surface area contributed by atoms with Gasteiger partial charge in [0.15, 0.2) is 0 Å². The summed E-state index contributed by atoms with van der Waals surface area (Å²) in [7, 11) is 0. The molecular weight excluding hydrogens is 400 g/mol. The fourth-order valence-electron chi connectivity index (χ4n) is 3.37. The van der Waals surface area contributed by atoms with Crippen LogP contribution in [0.5, 0.6) is 0 Å².